The Labute approximate surface area is 214 Å². The second kappa shape index (κ2) is 8.30. The molecule has 2 amide bonds. The lowest BCUT2D eigenvalue weighted by molar-refractivity contribution is 0.0580. The average Bonchev–Trinajstić information content (AvgIpc) is 2.92. The predicted octanol–water partition coefficient (Wildman–Crippen LogP) is 6.97. The Kier molecular flexibility index (Phi) is 4.89. The van der Waals surface area contributed by atoms with E-state index in [2.05, 4.69) is 114 Å². The molecule has 5 nitrogen and oxygen atoms in total. The zero-order valence-corrected chi connectivity index (χ0v) is 20.7. The highest BCUT2D eigenvalue weighted by Crippen LogP contribution is 2.40. The van der Waals surface area contributed by atoms with Crippen LogP contribution in [0.2, 0.25) is 0 Å². The van der Waals surface area contributed by atoms with Gasteiger partial charge in [0.1, 0.15) is 6.17 Å². The average molecular weight is 483 g/mol. The number of carbonyl (C=O) groups is 1. The fourth-order valence-corrected chi connectivity index (χ4v) is 5.55. The number of hydrazine groups is 2. The Morgan fingerprint density at radius 1 is 0.568 bits per heavy atom. The molecule has 1 aliphatic rings. The second-order valence-electron chi connectivity index (χ2n) is 9.81. The van der Waals surface area contributed by atoms with E-state index in [4.69, 9.17) is 0 Å². The van der Waals surface area contributed by atoms with Crippen LogP contribution in [-0.2, 0) is 0 Å². The standard InChI is InChI=1S/C32H26N4O/c1-35-32(37)36(2)34-31(33-35)21-13-11-20(12-14-21)30-28-18-24-9-5-3-7-22(24)15-26(28)17-27-16-23-8-4-6-10-25(23)19-29(27)30/h3-19,31,33-34H,1-2H3. The summed E-state index contributed by atoms with van der Waals surface area (Å²) in [5.74, 6) is 0. The van der Waals surface area contributed by atoms with Crippen molar-refractivity contribution in [2.75, 3.05) is 14.1 Å². The summed E-state index contributed by atoms with van der Waals surface area (Å²) in [6.45, 7) is 0. The summed E-state index contributed by atoms with van der Waals surface area (Å²) < 4.78 is 0. The number of hydrogen-bond donors (Lipinski definition) is 2. The topological polar surface area (TPSA) is 47.6 Å². The van der Waals surface area contributed by atoms with Gasteiger partial charge in [0, 0.05) is 14.1 Å². The number of nitrogens with zero attached hydrogens (tertiary/aromatic N) is 2. The van der Waals surface area contributed by atoms with E-state index in [1.807, 2.05) is 0 Å². The summed E-state index contributed by atoms with van der Waals surface area (Å²) in [7, 11) is 3.47. The molecule has 1 fully saturated rings. The van der Waals surface area contributed by atoms with E-state index in [0.29, 0.717) is 0 Å². The number of benzene rings is 6. The first-order chi connectivity index (χ1) is 18.0. The minimum absolute atomic E-state index is 0.130. The minimum Gasteiger partial charge on any atom is -0.260 e. The molecule has 0 aliphatic carbocycles. The van der Waals surface area contributed by atoms with Gasteiger partial charge in [0.2, 0.25) is 0 Å². The lowest BCUT2D eigenvalue weighted by atomic mass is 9.89. The normalized spacial score (nSPS) is 14.9. The quantitative estimate of drug-likeness (QED) is 0.262. The van der Waals surface area contributed by atoms with Crippen molar-refractivity contribution in [1.29, 1.82) is 0 Å². The van der Waals surface area contributed by atoms with E-state index in [9.17, 15) is 4.79 Å². The van der Waals surface area contributed by atoms with E-state index < -0.39 is 0 Å². The highest BCUT2D eigenvalue weighted by Gasteiger charge is 2.27. The van der Waals surface area contributed by atoms with E-state index in [1.165, 1.54) is 64.2 Å². The van der Waals surface area contributed by atoms with Crippen molar-refractivity contribution >= 4 is 49.1 Å². The molecule has 0 aromatic heterocycles. The second-order valence-corrected chi connectivity index (χ2v) is 9.81. The summed E-state index contributed by atoms with van der Waals surface area (Å²) in [4.78, 5) is 12.1. The summed E-state index contributed by atoms with van der Waals surface area (Å²) in [6.07, 6.45) is -0.195. The number of rotatable bonds is 2. The van der Waals surface area contributed by atoms with Crippen LogP contribution in [0.5, 0.6) is 0 Å². The molecule has 5 heteroatoms. The maximum absolute atomic E-state index is 12.1. The Morgan fingerprint density at radius 2 is 1.00 bits per heavy atom. The lowest BCUT2D eigenvalue weighted by Gasteiger charge is -2.38. The molecule has 1 heterocycles. The van der Waals surface area contributed by atoms with Gasteiger partial charge in [-0.05, 0) is 90.1 Å². The van der Waals surface area contributed by atoms with Crippen molar-refractivity contribution in [2.24, 2.45) is 0 Å². The van der Waals surface area contributed by atoms with Gasteiger partial charge in [-0.15, -0.1) is 0 Å². The predicted molar refractivity (Wildman–Crippen MR) is 152 cm³/mol. The van der Waals surface area contributed by atoms with Crippen molar-refractivity contribution in [3.63, 3.8) is 0 Å². The molecule has 0 spiro atoms. The number of hydrogen-bond acceptors (Lipinski definition) is 3. The van der Waals surface area contributed by atoms with Crippen LogP contribution in [0.4, 0.5) is 4.79 Å². The molecule has 0 atom stereocenters. The van der Waals surface area contributed by atoms with Gasteiger partial charge in [0.05, 0.1) is 0 Å². The Morgan fingerprint density at radius 3 is 1.49 bits per heavy atom. The molecular weight excluding hydrogens is 456 g/mol. The zero-order valence-electron chi connectivity index (χ0n) is 20.7. The lowest BCUT2D eigenvalue weighted by Crippen LogP contribution is -2.62. The zero-order chi connectivity index (χ0) is 25.1. The Bertz CT molecular complexity index is 1740. The fourth-order valence-electron chi connectivity index (χ4n) is 5.55. The van der Waals surface area contributed by atoms with E-state index in [-0.39, 0.29) is 12.2 Å². The number of urea groups is 1. The fraction of sp³-hybridized carbons (Fsp3) is 0.0938. The highest BCUT2D eigenvalue weighted by atomic mass is 16.2. The molecule has 6 aromatic rings. The SMILES string of the molecule is CN1NC(c2ccc(-c3c4cc5ccccc5cc4cc4cc5ccccc5cc34)cc2)NN(C)C1=O. The van der Waals surface area contributed by atoms with Gasteiger partial charge in [-0.25, -0.2) is 15.6 Å². The number of fused-ring (bicyclic) bond motifs is 4. The monoisotopic (exact) mass is 482 g/mol. The number of carbonyl (C=O) groups excluding carboxylic acids is 1. The van der Waals surface area contributed by atoms with Crippen molar-refractivity contribution in [1.82, 2.24) is 20.9 Å². The Hall–Kier alpha value is -4.45. The van der Waals surface area contributed by atoms with Gasteiger partial charge in [-0.3, -0.25) is 10.0 Å². The van der Waals surface area contributed by atoms with Crippen molar-refractivity contribution in [2.45, 2.75) is 6.17 Å². The van der Waals surface area contributed by atoms with Crippen LogP contribution in [0.15, 0.2) is 103 Å². The van der Waals surface area contributed by atoms with Crippen LogP contribution in [0, 0.1) is 0 Å². The maximum Gasteiger partial charge on any atom is 0.348 e. The van der Waals surface area contributed by atoms with Gasteiger partial charge in [0.25, 0.3) is 0 Å². The summed E-state index contributed by atoms with van der Waals surface area (Å²) >= 11 is 0. The Balaban J connectivity index is 1.45. The maximum atomic E-state index is 12.1. The summed E-state index contributed by atoms with van der Waals surface area (Å²) in [6, 6.07) is 37.2. The largest absolute Gasteiger partial charge is 0.348 e. The third kappa shape index (κ3) is 3.59. The van der Waals surface area contributed by atoms with Gasteiger partial charge >= 0.3 is 6.03 Å². The molecule has 0 saturated carbocycles. The molecule has 1 saturated heterocycles. The molecule has 7 rings (SSSR count). The van der Waals surface area contributed by atoms with Crippen LogP contribution < -0.4 is 10.9 Å². The van der Waals surface area contributed by atoms with Crippen molar-refractivity contribution < 1.29 is 4.79 Å². The molecule has 37 heavy (non-hydrogen) atoms. The van der Waals surface area contributed by atoms with Gasteiger partial charge in [-0.2, -0.15) is 0 Å². The number of amides is 2. The van der Waals surface area contributed by atoms with Crippen molar-refractivity contribution in [3.8, 4) is 11.1 Å². The third-order valence-electron chi connectivity index (χ3n) is 7.44. The minimum atomic E-state index is -0.195. The number of nitrogens with one attached hydrogen (secondary N) is 2. The van der Waals surface area contributed by atoms with E-state index in [1.54, 1.807) is 14.1 Å². The van der Waals surface area contributed by atoms with Gasteiger partial charge in [0.15, 0.2) is 0 Å². The summed E-state index contributed by atoms with van der Waals surface area (Å²) in [5.41, 5.74) is 9.86. The first kappa shape index (κ1) is 21.8. The molecule has 180 valence electrons. The first-order valence-corrected chi connectivity index (χ1v) is 12.5. The first-order valence-electron chi connectivity index (χ1n) is 12.5. The highest BCUT2D eigenvalue weighted by molar-refractivity contribution is 6.18. The van der Waals surface area contributed by atoms with Crippen LogP contribution in [0.1, 0.15) is 11.7 Å². The molecule has 6 aromatic carbocycles. The van der Waals surface area contributed by atoms with E-state index >= 15 is 0 Å². The van der Waals surface area contributed by atoms with Crippen molar-refractivity contribution in [3.05, 3.63) is 109 Å². The molecule has 0 unspecified atom stereocenters. The molecule has 0 radical (unpaired) electrons. The molecule has 1 aliphatic heterocycles. The molecule has 0 bridgehead atoms. The van der Waals surface area contributed by atoms with E-state index in [0.717, 1.165) is 5.56 Å². The van der Waals surface area contributed by atoms with Crippen LogP contribution in [0.3, 0.4) is 0 Å². The van der Waals surface area contributed by atoms with Gasteiger partial charge < -0.3 is 0 Å². The van der Waals surface area contributed by atoms with Crippen LogP contribution >= 0.6 is 0 Å². The third-order valence-corrected chi connectivity index (χ3v) is 7.44. The summed E-state index contributed by atoms with van der Waals surface area (Å²) in [5, 5.41) is 12.9. The van der Waals surface area contributed by atoms with Gasteiger partial charge in [-0.1, -0.05) is 72.8 Å². The molecular formula is C32H26N4O. The van der Waals surface area contributed by atoms with Crippen LogP contribution in [-0.4, -0.2) is 30.1 Å². The molecule has 2 N–H and O–H groups in total. The van der Waals surface area contributed by atoms with Crippen LogP contribution in [0.25, 0.3) is 54.2 Å². The smallest absolute Gasteiger partial charge is 0.260 e.